The van der Waals surface area contributed by atoms with Gasteiger partial charge in [0.05, 0.1) is 0 Å². The topological polar surface area (TPSA) is 92.4 Å². The summed E-state index contributed by atoms with van der Waals surface area (Å²) in [5.74, 6) is -0.973. The minimum Gasteiger partial charge on any atom is -0.481 e. The summed E-state index contributed by atoms with van der Waals surface area (Å²) in [7, 11) is 0. The number of carbonyl (C=O) groups excluding carboxylic acids is 1. The number of amides is 1. The molecule has 1 amide bonds. The number of carbonyl (C=O) groups is 2. The molecule has 0 radical (unpaired) electrons. The van der Waals surface area contributed by atoms with Crippen LogP contribution in [0, 0.1) is 5.92 Å². The van der Waals surface area contributed by atoms with E-state index in [2.05, 4.69) is 5.32 Å². The number of hydrogen-bond acceptors (Lipinski definition) is 3. The molecule has 0 rings (SSSR count). The van der Waals surface area contributed by atoms with Crippen molar-refractivity contribution in [2.45, 2.75) is 45.6 Å². The number of nitrogens with two attached hydrogens (primary N) is 1. The van der Waals surface area contributed by atoms with Crippen molar-refractivity contribution < 1.29 is 14.7 Å². The monoisotopic (exact) mass is 230 g/mol. The predicted octanol–water partition coefficient (Wildman–Crippen LogP) is 0.731. The van der Waals surface area contributed by atoms with Crippen molar-refractivity contribution in [2.24, 2.45) is 11.7 Å². The number of rotatable bonds is 7. The number of carboxylic acids is 1. The summed E-state index contributed by atoms with van der Waals surface area (Å²) < 4.78 is 0. The van der Waals surface area contributed by atoms with Gasteiger partial charge in [0.15, 0.2) is 0 Å². The molecule has 16 heavy (non-hydrogen) atoms. The van der Waals surface area contributed by atoms with Crippen LogP contribution in [0.1, 0.15) is 40.0 Å². The molecule has 0 aliphatic rings. The SMILES string of the molecule is CCC(CNC(=O)CC(C)(C)N)CC(=O)O. The second kappa shape index (κ2) is 6.48. The Hall–Kier alpha value is -1.10. The van der Waals surface area contributed by atoms with Crippen molar-refractivity contribution in [3.05, 3.63) is 0 Å². The first-order chi connectivity index (χ1) is 7.24. The number of nitrogens with one attached hydrogen (secondary N) is 1. The van der Waals surface area contributed by atoms with Gasteiger partial charge < -0.3 is 16.2 Å². The zero-order chi connectivity index (χ0) is 12.8. The molecule has 94 valence electrons. The molecule has 1 unspecified atom stereocenters. The fourth-order valence-corrected chi connectivity index (χ4v) is 1.34. The average molecular weight is 230 g/mol. The fourth-order valence-electron chi connectivity index (χ4n) is 1.34. The molecule has 5 nitrogen and oxygen atoms in total. The van der Waals surface area contributed by atoms with Crippen LogP contribution in [0.15, 0.2) is 0 Å². The van der Waals surface area contributed by atoms with Crippen LogP contribution in [0.25, 0.3) is 0 Å². The average Bonchev–Trinajstić information content (AvgIpc) is 2.08. The number of hydrogen-bond donors (Lipinski definition) is 3. The lowest BCUT2D eigenvalue weighted by molar-refractivity contribution is -0.138. The first-order valence-corrected chi connectivity index (χ1v) is 5.52. The van der Waals surface area contributed by atoms with E-state index in [9.17, 15) is 9.59 Å². The van der Waals surface area contributed by atoms with Crippen molar-refractivity contribution in [3.8, 4) is 0 Å². The van der Waals surface area contributed by atoms with E-state index in [0.29, 0.717) is 6.54 Å². The molecule has 1 atom stereocenters. The first-order valence-electron chi connectivity index (χ1n) is 5.52. The fraction of sp³-hybridized carbons (Fsp3) is 0.818. The molecule has 4 N–H and O–H groups in total. The van der Waals surface area contributed by atoms with Gasteiger partial charge in [0, 0.05) is 24.9 Å². The maximum absolute atomic E-state index is 11.4. The molecule has 0 saturated heterocycles. The molecule has 0 saturated carbocycles. The van der Waals surface area contributed by atoms with E-state index in [-0.39, 0.29) is 24.7 Å². The van der Waals surface area contributed by atoms with E-state index in [1.165, 1.54) is 0 Å². The quantitative estimate of drug-likeness (QED) is 0.601. The zero-order valence-electron chi connectivity index (χ0n) is 10.2. The largest absolute Gasteiger partial charge is 0.481 e. The van der Waals surface area contributed by atoms with Crippen LogP contribution in [-0.4, -0.2) is 29.1 Å². The third kappa shape index (κ3) is 8.23. The highest BCUT2D eigenvalue weighted by molar-refractivity contribution is 5.77. The van der Waals surface area contributed by atoms with Gasteiger partial charge in [0.25, 0.3) is 0 Å². The van der Waals surface area contributed by atoms with Gasteiger partial charge in [-0.25, -0.2) is 0 Å². The second-order valence-corrected chi connectivity index (χ2v) is 4.84. The second-order valence-electron chi connectivity index (χ2n) is 4.84. The van der Waals surface area contributed by atoms with Gasteiger partial charge in [-0.3, -0.25) is 9.59 Å². The smallest absolute Gasteiger partial charge is 0.303 e. The highest BCUT2D eigenvalue weighted by Crippen LogP contribution is 2.07. The summed E-state index contributed by atoms with van der Waals surface area (Å²) in [5.41, 5.74) is 5.17. The molecule has 0 fully saturated rings. The van der Waals surface area contributed by atoms with Crippen molar-refractivity contribution in [1.29, 1.82) is 0 Å². The van der Waals surface area contributed by atoms with Gasteiger partial charge in [0.1, 0.15) is 0 Å². The molecule has 5 heteroatoms. The maximum Gasteiger partial charge on any atom is 0.303 e. The molecule has 0 aromatic rings. The maximum atomic E-state index is 11.4. The summed E-state index contributed by atoms with van der Waals surface area (Å²) in [6, 6.07) is 0. The van der Waals surface area contributed by atoms with E-state index in [0.717, 1.165) is 6.42 Å². The third-order valence-electron chi connectivity index (χ3n) is 2.24. The van der Waals surface area contributed by atoms with Crippen LogP contribution in [0.4, 0.5) is 0 Å². The summed E-state index contributed by atoms with van der Waals surface area (Å²) in [5, 5.41) is 11.3. The Morgan fingerprint density at radius 2 is 2.00 bits per heavy atom. The lowest BCUT2D eigenvalue weighted by Crippen LogP contribution is -2.40. The van der Waals surface area contributed by atoms with Gasteiger partial charge in [-0.1, -0.05) is 13.3 Å². The van der Waals surface area contributed by atoms with E-state index in [1.807, 2.05) is 6.92 Å². The van der Waals surface area contributed by atoms with Crippen molar-refractivity contribution in [2.75, 3.05) is 6.54 Å². The van der Waals surface area contributed by atoms with Crippen LogP contribution in [0.2, 0.25) is 0 Å². The van der Waals surface area contributed by atoms with Crippen LogP contribution in [-0.2, 0) is 9.59 Å². The Kier molecular flexibility index (Phi) is 6.03. The van der Waals surface area contributed by atoms with E-state index in [4.69, 9.17) is 10.8 Å². The Balaban J connectivity index is 3.93. The van der Waals surface area contributed by atoms with Crippen LogP contribution in [0.3, 0.4) is 0 Å². The van der Waals surface area contributed by atoms with E-state index >= 15 is 0 Å². The minimum absolute atomic E-state index is 0.0117. The molecular formula is C11H22N2O3. The van der Waals surface area contributed by atoms with E-state index < -0.39 is 11.5 Å². The normalized spacial score (nSPS) is 13.2. The lowest BCUT2D eigenvalue weighted by Gasteiger charge is -2.19. The summed E-state index contributed by atoms with van der Waals surface area (Å²) in [6.45, 7) is 5.87. The standard InChI is InChI=1S/C11H22N2O3/c1-4-8(5-10(15)16)7-13-9(14)6-11(2,3)12/h8H,4-7,12H2,1-3H3,(H,13,14)(H,15,16). The highest BCUT2D eigenvalue weighted by atomic mass is 16.4. The summed E-state index contributed by atoms with van der Waals surface area (Å²) >= 11 is 0. The van der Waals surface area contributed by atoms with Crippen molar-refractivity contribution >= 4 is 11.9 Å². The van der Waals surface area contributed by atoms with Crippen LogP contribution in [0.5, 0.6) is 0 Å². The van der Waals surface area contributed by atoms with Gasteiger partial charge in [-0.05, 0) is 19.8 Å². The molecule has 0 aliphatic carbocycles. The Morgan fingerprint density at radius 3 is 2.38 bits per heavy atom. The van der Waals surface area contributed by atoms with Crippen LogP contribution >= 0.6 is 0 Å². The Bertz CT molecular complexity index is 246. The van der Waals surface area contributed by atoms with Gasteiger partial charge in [-0.15, -0.1) is 0 Å². The van der Waals surface area contributed by atoms with Crippen molar-refractivity contribution in [3.63, 3.8) is 0 Å². The Morgan fingerprint density at radius 1 is 1.44 bits per heavy atom. The van der Waals surface area contributed by atoms with Gasteiger partial charge >= 0.3 is 5.97 Å². The molecule has 0 bridgehead atoms. The van der Waals surface area contributed by atoms with Crippen molar-refractivity contribution in [1.82, 2.24) is 5.32 Å². The molecule has 0 aromatic heterocycles. The Labute approximate surface area is 96.4 Å². The van der Waals surface area contributed by atoms with Gasteiger partial charge in [-0.2, -0.15) is 0 Å². The highest BCUT2D eigenvalue weighted by Gasteiger charge is 2.17. The van der Waals surface area contributed by atoms with Gasteiger partial charge in [0.2, 0.25) is 5.91 Å². The summed E-state index contributed by atoms with van der Waals surface area (Å²) in [6.07, 6.45) is 1.07. The van der Waals surface area contributed by atoms with Crippen LogP contribution < -0.4 is 11.1 Å². The molecule has 0 aromatic carbocycles. The molecule has 0 heterocycles. The molecular weight excluding hydrogens is 208 g/mol. The zero-order valence-corrected chi connectivity index (χ0v) is 10.2. The number of aliphatic carboxylic acids is 1. The van der Waals surface area contributed by atoms with E-state index in [1.54, 1.807) is 13.8 Å². The summed E-state index contributed by atoms with van der Waals surface area (Å²) in [4.78, 5) is 21.9. The predicted molar refractivity (Wildman–Crippen MR) is 61.9 cm³/mol. The molecule has 0 spiro atoms. The first kappa shape index (κ1) is 14.9. The molecule has 0 aliphatic heterocycles. The minimum atomic E-state index is -0.833. The number of carboxylic acid groups (broad SMARTS) is 1. The lowest BCUT2D eigenvalue weighted by atomic mass is 10.0. The third-order valence-corrected chi connectivity index (χ3v) is 2.24.